The number of hydrogen-bond donors (Lipinski definition) is 6. The average Bonchev–Trinajstić information content (AvgIpc) is 3.37. The molecule has 1 rings (SSSR count). The summed E-state index contributed by atoms with van der Waals surface area (Å²) in [4.78, 5) is 25.1. The van der Waals surface area contributed by atoms with E-state index in [1.807, 2.05) is 6.08 Å². The molecule has 0 saturated carbocycles. The van der Waals surface area contributed by atoms with Crippen molar-refractivity contribution in [3.63, 3.8) is 0 Å². The van der Waals surface area contributed by atoms with E-state index in [2.05, 4.69) is 19.2 Å². The normalized spacial score (nSPS) is 17.6. The number of aliphatic hydroxyl groups is 5. The molecule has 0 radical (unpaired) electrons. The summed E-state index contributed by atoms with van der Waals surface area (Å²) in [6.07, 6.45) is 76.9. The van der Waals surface area contributed by atoms with E-state index in [4.69, 9.17) is 14.2 Å². The summed E-state index contributed by atoms with van der Waals surface area (Å²) >= 11 is 0. The van der Waals surface area contributed by atoms with Gasteiger partial charge in [-0.2, -0.15) is 0 Å². The Morgan fingerprint density at radius 2 is 0.700 bits per heavy atom. The second-order valence-corrected chi connectivity index (χ2v) is 28.1. The van der Waals surface area contributed by atoms with Gasteiger partial charge in [-0.25, -0.2) is 0 Å². The SMILES string of the molecule is CCCCCCCCCCC/C=C/C(O)C(COC1OC(CO)C(O)C(O)C1O)NC(=O)CCCCCCCCCCCCCCCCCCCCCCCCCCCCCCCCCCCCCCCCCOC(=O)CCCCCCCCCCCCCC. The van der Waals surface area contributed by atoms with E-state index in [9.17, 15) is 35.1 Å². The molecule has 0 bridgehead atoms. The first-order chi connectivity index (χ1) is 44.2. The first-order valence-corrected chi connectivity index (χ1v) is 40.0. The summed E-state index contributed by atoms with van der Waals surface area (Å²) in [6.45, 7) is 4.39. The van der Waals surface area contributed by atoms with Crippen LogP contribution in [-0.2, 0) is 23.8 Å². The van der Waals surface area contributed by atoms with E-state index in [0.717, 1.165) is 51.4 Å². The van der Waals surface area contributed by atoms with Gasteiger partial charge >= 0.3 is 5.97 Å². The molecule has 7 unspecified atom stereocenters. The Morgan fingerprint density at radius 3 is 1.03 bits per heavy atom. The largest absolute Gasteiger partial charge is 0.466 e. The minimum Gasteiger partial charge on any atom is -0.466 e. The van der Waals surface area contributed by atoms with Crippen molar-refractivity contribution >= 4 is 11.9 Å². The third-order valence-electron chi connectivity index (χ3n) is 19.4. The van der Waals surface area contributed by atoms with Crippen LogP contribution in [0.5, 0.6) is 0 Å². The van der Waals surface area contributed by atoms with Gasteiger partial charge in [0.25, 0.3) is 0 Å². The Bertz CT molecular complexity index is 1500. The highest BCUT2D eigenvalue weighted by Gasteiger charge is 2.44. The molecular formula is C79H153NO10. The van der Waals surface area contributed by atoms with Crippen LogP contribution in [0.3, 0.4) is 0 Å². The summed E-state index contributed by atoms with van der Waals surface area (Å²) < 4.78 is 16.8. The minimum absolute atomic E-state index is 0.0200. The summed E-state index contributed by atoms with van der Waals surface area (Å²) in [5, 5.41) is 54.5. The van der Waals surface area contributed by atoms with Gasteiger partial charge in [0.2, 0.25) is 5.91 Å². The molecule has 0 spiro atoms. The molecule has 0 aromatic heterocycles. The Balaban J connectivity index is 1.86. The lowest BCUT2D eigenvalue weighted by molar-refractivity contribution is -0.302. The van der Waals surface area contributed by atoms with Crippen LogP contribution in [0.1, 0.15) is 418 Å². The van der Waals surface area contributed by atoms with Gasteiger partial charge in [0.05, 0.1) is 32.0 Å². The molecule has 7 atom stereocenters. The number of esters is 1. The average molecular weight is 1280 g/mol. The number of allylic oxidation sites excluding steroid dienone is 1. The predicted molar refractivity (Wildman–Crippen MR) is 380 cm³/mol. The maximum Gasteiger partial charge on any atom is 0.305 e. The van der Waals surface area contributed by atoms with Crippen LogP contribution in [-0.4, -0.2) is 100 Å². The van der Waals surface area contributed by atoms with Crippen molar-refractivity contribution in [1.29, 1.82) is 0 Å². The molecule has 1 heterocycles. The van der Waals surface area contributed by atoms with Gasteiger partial charge < -0.3 is 45.1 Å². The lowest BCUT2D eigenvalue weighted by atomic mass is 9.99. The van der Waals surface area contributed by atoms with Gasteiger partial charge in [-0.15, -0.1) is 0 Å². The molecule has 1 fully saturated rings. The fourth-order valence-corrected chi connectivity index (χ4v) is 13.1. The second-order valence-electron chi connectivity index (χ2n) is 28.1. The number of ether oxygens (including phenoxy) is 3. The maximum absolute atomic E-state index is 13.1. The fraction of sp³-hybridized carbons (Fsp3) is 0.949. The third-order valence-corrected chi connectivity index (χ3v) is 19.4. The standard InChI is InChI=1S/C79H153NO10/c1-3-5-7-9-11-13-15-47-51-55-59-63-67-75(84)88-68-64-60-56-52-48-44-42-40-38-36-34-32-30-28-26-24-22-20-18-16-17-19-21-23-25-27-29-31-33-35-37-39-41-43-46-50-54-58-62-66-74(83)80-71(70-89-79-78(87)77(86)76(85)73(69-81)90-79)72(82)65-61-57-53-49-45-14-12-10-8-6-4-2/h61,65,71-73,76-79,81-82,85-87H,3-60,62-64,66-70H2,1-2H3,(H,80,83)/b65-61+. The zero-order valence-electron chi connectivity index (χ0n) is 59.6. The van der Waals surface area contributed by atoms with Crippen LogP contribution in [0.4, 0.5) is 0 Å². The molecule has 6 N–H and O–H groups in total. The van der Waals surface area contributed by atoms with Crippen molar-refractivity contribution in [1.82, 2.24) is 5.32 Å². The smallest absolute Gasteiger partial charge is 0.305 e. The number of hydrogen-bond acceptors (Lipinski definition) is 10. The Hall–Kier alpha value is -1.60. The fourth-order valence-electron chi connectivity index (χ4n) is 13.1. The van der Waals surface area contributed by atoms with Gasteiger partial charge in [-0.05, 0) is 32.1 Å². The highest BCUT2D eigenvalue weighted by molar-refractivity contribution is 5.76. The van der Waals surface area contributed by atoms with Crippen LogP contribution >= 0.6 is 0 Å². The van der Waals surface area contributed by atoms with E-state index < -0.39 is 49.5 Å². The Labute approximate surface area is 557 Å². The van der Waals surface area contributed by atoms with E-state index in [1.165, 1.54) is 340 Å². The van der Waals surface area contributed by atoms with Crippen LogP contribution in [0.15, 0.2) is 12.2 Å². The van der Waals surface area contributed by atoms with Gasteiger partial charge in [-0.3, -0.25) is 9.59 Å². The highest BCUT2D eigenvalue weighted by Crippen LogP contribution is 2.24. The summed E-state index contributed by atoms with van der Waals surface area (Å²) in [6, 6.07) is -0.804. The Kier molecular flexibility index (Phi) is 66.0. The predicted octanol–water partition coefficient (Wildman–Crippen LogP) is 21.4. The van der Waals surface area contributed by atoms with E-state index in [0.29, 0.717) is 19.4 Å². The van der Waals surface area contributed by atoms with Crippen molar-refractivity contribution < 1.29 is 49.3 Å². The molecule has 11 nitrogen and oxygen atoms in total. The van der Waals surface area contributed by atoms with Crippen LogP contribution in [0, 0.1) is 0 Å². The molecule has 1 saturated heterocycles. The van der Waals surface area contributed by atoms with Crippen molar-refractivity contribution in [2.45, 2.75) is 461 Å². The molecule has 1 aliphatic rings. The maximum atomic E-state index is 13.1. The number of rotatable bonds is 72. The molecule has 534 valence electrons. The number of unbranched alkanes of at least 4 members (excludes halogenated alkanes) is 58. The topological polar surface area (TPSA) is 175 Å². The molecule has 0 aromatic carbocycles. The van der Waals surface area contributed by atoms with Gasteiger partial charge in [0.1, 0.15) is 24.4 Å². The van der Waals surface area contributed by atoms with Gasteiger partial charge in [-0.1, -0.05) is 386 Å². The lowest BCUT2D eigenvalue weighted by Crippen LogP contribution is -2.60. The first kappa shape index (κ1) is 86.4. The van der Waals surface area contributed by atoms with Crippen molar-refractivity contribution in [3.8, 4) is 0 Å². The number of nitrogens with one attached hydrogen (secondary N) is 1. The number of aliphatic hydroxyl groups excluding tert-OH is 5. The zero-order valence-corrected chi connectivity index (χ0v) is 59.6. The summed E-state index contributed by atoms with van der Waals surface area (Å²) in [5.74, 6) is -0.154. The molecule has 0 aliphatic carbocycles. The van der Waals surface area contributed by atoms with E-state index in [1.54, 1.807) is 6.08 Å². The summed E-state index contributed by atoms with van der Waals surface area (Å²) in [5.41, 5.74) is 0. The summed E-state index contributed by atoms with van der Waals surface area (Å²) in [7, 11) is 0. The highest BCUT2D eigenvalue weighted by atomic mass is 16.7. The van der Waals surface area contributed by atoms with Gasteiger partial charge in [0.15, 0.2) is 6.29 Å². The van der Waals surface area contributed by atoms with Crippen molar-refractivity contribution in [2.24, 2.45) is 0 Å². The minimum atomic E-state index is -1.57. The number of amides is 1. The van der Waals surface area contributed by atoms with Crippen molar-refractivity contribution in [3.05, 3.63) is 12.2 Å². The van der Waals surface area contributed by atoms with Crippen LogP contribution in [0.25, 0.3) is 0 Å². The molecule has 11 heteroatoms. The first-order valence-electron chi connectivity index (χ1n) is 40.0. The van der Waals surface area contributed by atoms with Crippen molar-refractivity contribution in [2.75, 3.05) is 19.8 Å². The van der Waals surface area contributed by atoms with Gasteiger partial charge in [0, 0.05) is 12.8 Å². The molecule has 1 amide bonds. The lowest BCUT2D eigenvalue weighted by Gasteiger charge is -2.40. The third kappa shape index (κ3) is 56.7. The molecule has 1 aliphatic heterocycles. The van der Waals surface area contributed by atoms with Crippen LogP contribution in [0.2, 0.25) is 0 Å². The quantitative estimate of drug-likeness (QED) is 0.0195. The van der Waals surface area contributed by atoms with Crippen LogP contribution < -0.4 is 5.32 Å². The zero-order chi connectivity index (χ0) is 65.1. The monoisotopic (exact) mass is 1280 g/mol. The Morgan fingerprint density at radius 1 is 0.400 bits per heavy atom. The molecule has 0 aromatic rings. The molecule has 90 heavy (non-hydrogen) atoms. The van der Waals surface area contributed by atoms with E-state index >= 15 is 0 Å². The molecular weight excluding hydrogens is 1120 g/mol. The van der Waals surface area contributed by atoms with E-state index in [-0.39, 0.29) is 18.5 Å². The second kappa shape index (κ2) is 68.8. The number of carbonyl (C=O) groups is 2. The number of carbonyl (C=O) groups excluding carboxylic acids is 2.